The fraction of sp³-hybridized carbons (Fsp3) is 0.250. The molecular weight excluding hydrogens is 188 g/mol. The highest BCUT2D eigenvalue weighted by Crippen LogP contribution is 2.20. The van der Waals surface area contributed by atoms with E-state index >= 15 is 0 Å². The summed E-state index contributed by atoms with van der Waals surface area (Å²) in [6, 6.07) is 3.00. The molecule has 0 aliphatic rings. The second-order valence-electron chi connectivity index (χ2n) is 2.71. The Kier molecular flexibility index (Phi) is 3.00. The van der Waals surface area contributed by atoms with E-state index in [-0.39, 0.29) is 11.4 Å². The summed E-state index contributed by atoms with van der Waals surface area (Å²) in [6.07, 6.45) is -2.19. The fourth-order valence-corrected chi connectivity index (χ4v) is 0.962. The predicted molar refractivity (Wildman–Crippen MR) is 47.3 cm³/mol. The van der Waals surface area contributed by atoms with Crippen molar-refractivity contribution in [3.8, 4) is 0 Å². The van der Waals surface area contributed by atoms with Crippen molar-refractivity contribution in [3.05, 3.63) is 24.0 Å². The Balaban J connectivity index is 2.94. The van der Waals surface area contributed by atoms with Crippen molar-refractivity contribution >= 4 is 11.7 Å². The highest BCUT2D eigenvalue weighted by atomic mass is 16.4. The van der Waals surface area contributed by atoms with Crippen molar-refractivity contribution in [1.82, 2.24) is 4.98 Å². The number of aromatic nitrogens is 1. The highest BCUT2D eigenvalue weighted by Gasteiger charge is 2.27. The van der Waals surface area contributed by atoms with E-state index in [1.165, 1.54) is 12.3 Å². The van der Waals surface area contributed by atoms with Crippen LogP contribution in [-0.4, -0.2) is 32.4 Å². The zero-order valence-corrected chi connectivity index (χ0v) is 7.16. The normalized spacial score (nSPS) is 14.7. The Morgan fingerprint density at radius 2 is 2.14 bits per heavy atom. The zero-order valence-electron chi connectivity index (χ0n) is 7.16. The number of carboxylic acids is 1. The van der Waals surface area contributed by atoms with Crippen molar-refractivity contribution < 1.29 is 20.1 Å². The number of aliphatic hydroxyl groups excluding tert-OH is 2. The molecule has 0 saturated heterocycles. The second-order valence-corrected chi connectivity index (χ2v) is 2.71. The summed E-state index contributed by atoms with van der Waals surface area (Å²) in [6.45, 7) is 0. The van der Waals surface area contributed by atoms with Crippen LogP contribution in [0.2, 0.25) is 0 Å². The van der Waals surface area contributed by atoms with E-state index < -0.39 is 18.2 Å². The van der Waals surface area contributed by atoms with E-state index in [2.05, 4.69) is 4.98 Å². The smallest absolute Gasteiger partial charge is 0.335 e. The van der Waals surface area contributed by atoms with Gasteiger partial charge >= 0.3 is 5.97 Å². The molecule has 0 aliphatic carbocycles. The first kappa shape index (κ1) is 10.4. The Bertz CT molecular complexity index is 342. The third-order valence-corrected chi connectivity index (χ3v) is 1.70. The van der Waals surface area contributed by atoms with Crippen molar-refractivity contribution in [2.45, 2.75) is 12.2 Å². The lowest BCUT2D eigenvalue weighted by molar-refractivity contribution is -0.153. The van der Waals surface area contributed by atoms with Gasteiger partial charge in [0.05, 0.1) is 11.4 Å². The van der Waals surface area contributed by atoms with Crippen molar-refractivity contribution in [2.75, 3.05) is 5.73 Å². The van der Waals surface area contributed by atoms with Crippen LogP contribution in [0, 0.1) is 0 Å². The van der Waals surface area contributed by atoms with E-state index in [4.69, 9.17) is 15.9 Å². The van der Waals surface area contributed by atoms with E-state index in [1.807, 2.05) is 0 Å². The molecule has 1 aromatic rings. The molecule has 14 heavy (non-hydrogen) atoms. The molecule has 0 spiro atoms. The first-order valence-electron chi connectivity index (χ1n) is 3.83. The maximum absolute atomic E-state index is 10.3. The van der Waals surface area contributed by atoms with Gasteiger partial charge in [0.1, 0.15) is 6.10 Å². The first-order valence-corrected chi connectivity index (χ1v) is 3.83. The van der Waals surface area contributed by atoms with Gasteiger partial charge in [0.15, 0.2) is 6.10 Å². The molecule has 0 aromatic carbocycles. The number of hydrogen-bond donors (Lipinski definition) is 4. The maximum atomic E-state index is 10.3. The summed E-state index contributed by atoms with van der Waals surface area (Å²) >= 11 is 0. The van der Waals surface area contributed by atoms with Crippen molar-refractivity contribution in [3.63, 3.8) is 0 Å². The molecule has 0 radical (unpaired) electrons. The molecule has 1 rings (SSSR count). The third kappa shape index (κ3) is 1.98. The van der Waals surface area contributed by atoms with Gasteiger partial charge in [-0.05, 0) is 12.1 Å². The van der Waals surface area contributed by atoms with Gasteiger partial charge in [-0.1, -0.05) is 0 Å². The van der Waals surface area contributed by atoms with Crippen LogP contribution in [0.3, 0.4) is 0 Å². The van der Waals surface area contributed by atoms with Gasteiger partial charge < -0.3 is 21.1 Å². The minimum absolute atomic E-state index is 0.0394. The number of anilines is 1. The molecule has 5 N–H and O–H groups in total. The largest absolute Gasteiger partial charge is 0.479 e. The predicted octanol–water partition coefficient (Wildman–Crippen LogP) is -0.857. The molecule has 2 unspecified atom stereocenters. The van der Waals surface area contributed by atoms with Crippen LogP contribution < -0.4 is 5.73 Å². The maximum Gasteiger partial charge on any atom is 0.335 e. The lowest BCUT2D eigenvalue weighted by atomic mass is 10.1. The number of hydrogen-bond acceptors (Lipinski definition) is 5. The lowest BCUT2D eigenvalue weighted by Gasteiger charge is -2.14. The molecule has 0 saturated carbocycles. The Labute approximate surface area is 79.6 Å². The summed E-state index contributed by atoms with van der Waals surface area (Å²) in [5, 5.41) is 26.8. The van der Waals surface area contributed by atoms with Crippen LogP contribution >= 0.6 is 0 Å². The molecule has 6 heteroatoms. The van der Waals surface area contributed by atoms with Crippen LogP contribution in [0.1, 0.15) is 11.8 Å². The molecule has 6 nitrogen and oxygen atoms in total. The van der Waals surface area contributed by atoms with Gasteiger partial charge in [0.25, 0.3) is 0 Å². The van der Waals surface area contributed by atoms with E-state index in [1.54, 1.807) is 6.07 Å². The highest BCUT2D eigenvalue weighted by molar-refractivity contribution is 5.73. The quantitative estimate of drug-likeness (QED) is 0.502. The average molecular weight is 198 g/mol. The number of carboxylic acid groups (broad SMARTS) is 1. The third-order valence-electron chi connectivity index (χ3n) is 1.70. The van der Waals surface area contributed by atoms with Gasteiger partial charge in [-0.15, -0.1) is 0 Å². The van der Waals surface area contributed by atoms with Crippen molar-refractivity contribution in [2.24, 2.45) is 0 Å². The molecule has 0 fully saturated rings. The summed E-state index contributed by atoms with van der Waals surface area (Å²) in [4.78, 5) is 14.0. The molecule has 0 amide bonds. The van der Waals surface area contributed by atoms with Crippen LogP contribution in [0.4, 0.5) is 5.69 Å². The van der Waals surface area contributed by atoms with Gasteiger partial charge in [-0.3, -0.25) is 4.98 Å². The molecular formula is C8H10N2O4. The standard InChI is InChI=1S/C8H10N2O4/c9-4-2-1-3-10-5(4)6(11)7(12)8(13)14/h1-3,6-7,11-12H,9H2,(H,13,14). The van der Waals surface area contributed by atoms with Gasteiger partial charge in [-0.2, -0.15) is 0 Å². The lowest BCUT2D eigenvalue weighted by Crippen LogP contribution is -2.28. The van der Waals surface area contributed by atoms with Crippen LogP contribution in [-0.2, 0) is 4.79 Å². The summed E-state index contributed by atoms with van der Waals surface area (Å²) in [5.41, 5.74) is 5.53. The molecule has 1 aromatic heterocycles. The van der Waals surface area contributed by atoms with Crippen LogP contribution in [0.5, 0.6) is 0 Å². The summed E-state index contributed by atoms with van der Waals surface area (Å²) in [7, 11) is 0. The molecule has 1 heterocycles. The summed E-state index contributed by atoms with van der Waals surface area (Å²) < 4.78 is 0. The van der Waals surface area contributed by atoms with Crippen molar-refractivity contribution in [1.29, 1.82) is 0 Å². The SMILES string of the molecule is Nc1cccnc1C(O)C(O)C(=O)O. The number of pyridine rings is 1. The van der Waals surface area contributed by atoms with E-state index in [9.17, 15) is 9.90 Å². The zero-order chi connectivity index (χ0) is 10.7. The molecule has 2 atom stereocenters. The molecule has 0 aliphatic heterocycles. The van der Waals surface area contributed by atoms with Gasteiger partial charge in [-0.25, -0.2) is 4.79 Å². The average Bonchev–Trinajstić information content (AvgIpc) is 2.16. The number of aliphatic carboxylic acids is 1. The number of nitrogen functional groups attached to an aromatic ring is 1. The number of nitrogens with zero attached hydrogens (tertiary/aromatic N) is 1. The van der Waals surface area contributed by atoms with Crippen LogP contribution in [0.15, 0.2) is 18.3 Å². The number of rotatable bonds is 3. The van der Waals surface area contributed by atoms with Gasteiger partial charge in [0.2, 0.25) is 0 Å². The van der Waals surface area contributed by atoms with E-state index in [0.717, 1.165) is 0 Å². The Morgan fingerprint density at radius 3 is 2.64 bits per heavy atom. The minimum Gasteiger partial charge on any atom is -0.479 e. The van der Waals surface area contributed by atoms with E-state index in [0.29, 0.717) is 0 Å². The summed E-state index contributed by atoms with van der Waals surface area (Å²) in [5.74, 6) is -1.53. The van der Waals surface area contributed by atoms with Gasteiger partial charge in [0, 0.05) is 6.20 Å². The minimum atomic E-state index is -1.92. The molecule has 76 valence electrons. The number of nitrogens with two attached hydrogens (primary N) is 1. The second kappa shape index (κ2) is 4.03. The Morgan fingerprint density at radius 1 is 1.50 bits per heavy atom. The fourth-order valence-electron chi connectivity index (χ4n) is 0.962. The van der Waals surface area contributed by atoms with Crippen LogP contribution in [0.25, 0.3) is 0 Å². The Hall–Kier alpha value is -1.66. The first-order chi connectivity index (χ1) is 6.54. The molecule has 0 bridgehead atoms. The topological polar surface area (TPSA) is 117 Å². The number of aliphatic hydroxyl groups is 2. The number of carbonyl (C=O) groups is 1. The monoisotopic (exact) mass is 198 g/mol.